The fraction of sp³-hybridized carbons (Fsp3) is 0.200. The molecule has 0 aliphatic rings. The molecule has 1 aromatic heterocycles. The van der Waals surface area contributed by atoms with Gasteiger partial charge in [-0.2, -0.15) is 5.26 Å². The molecule has 1 heterocycles. The minimum atomic E-state index is -1.16. The minimum absolute atomic E-state index is 0.0688. The van der Waals surface area contributed by atoms with Gasteiger partial charge in [0, 0.05) is 18.0 Å². The van der Waals surface area contributed by atoms with Gasteiger partial charge in [-0.05, 0) is 30.0 Å². The number of nitrogens with one attached hydrogen (secondary N) is 1. The van der Waals surface area contributed by atoms with Crippen molar-refractivity contribution < 1.29 is 19.8 Å². The Labute approximate surface area is 125 Å². The summed E-state index contributed by atoms with van der Waals surface area (Å²) in [5.41, 5.74) is 0.431. The zero-order valence-corrected chi connectivity index (χ0v) is 11.5. The van der Waals surface area contributed by atoms with Crippen molar-refractivity contribution in [3.05, 3.63) is 36.0 Å². The van der Waals surface area contributed by atoms with Gasteiger partial charge in [-0.3, -0.25) is 4.79 Å². The van der Waals surface area contributed by atoms with Gasteiger partial charge in [0.05, 0.1) is 11.6 Å². The molecule has 112 valence electrons. The summed E-state index contributed by atoms with van der Waals surface area (Å²) in [6, 6.07) is 7.70. The molecule has 2 rings (SSSR count). The fourth-order valence-electron chi connectivity index (χ4n) is 2.04. The van der Waals surface area contributed by atoms with E-state index in [1.54, 1.807) is 24.3 Å². The van der Waals surface area contributed by atoms with Gasteiger partial charge in [0.15, 0.2) is 0 Å². The molecule has 0 saturated heterocycles. The third-order valence-electron chi connectivity index (χ3n) is 3.15. The summed E-state index contributed by atoms with van der Waals surface area (Å²) in [7, 11) is 0. The van der Waals surface area contributed by atoms with Crippen LogP contribution in [0.1, 0.15) is 18.4 Å². The highest BCUT2D eigenvalue weighted by Crippen LogP contribution is 2.23. The molecule has 7 heteroatoms. The van der Waals surface area contributed by atoms with E-state index in [0.717, 1.165) is 5.39 Å². The van der Waals surface area contributed by atoms with Crippen molar-refractivity contribution in [3.63, 3.8) is 0 Å². The van der Waals surface area contributed by atoms with E-state index in [1.165, 1.54) is 6.20 Å². The number of fused-ring (bicyclic) bond motifs is 1. The predicted molar refractivity (Wildman–Crippen MR) is 78.4 cm³/mol. The number of carboxylic acid groups (broad SMARTS) is 2. The molecule has 0 amide bonds. The zero-order chi connectivity index (χ0) is 16.1. The molecule has 3 N–H and O–H groups in total. The van der Waals surface area contributed by atoms with Crippen LogP contribution in [-0.2, 0) is 9.59 Å². The Morgan fingerprint density at radius 1 is 1.32 bits per heavy atom. The molecule has 7 nitrogen and oxygen atoms in total. The Kier molecular flexibility index (Phi) is 4.53. The van der Waals surface area contributed by atoms with Crippen LogP contribution >= 0.6 is 0 Å². The van der Waals surface area contributed by atoms with Crippen LogP contribution in [0.4, 0.5) is 5.82 Å². The molecule has 0 radical (unpaired) electrons. The van der Waals surface area contributed by atoms with Crippen LogP contribution in [0, 0.1) is 11.3 Å². The number of benzene rings is 1. The standard InChI is InChI=1S/C15H13N3O4/c16-8-9-1-2-10-5-6-17-14(11(10)7-9)18-12(15(21)22)3-4-13(19)20/h1-2,5-7,12H,3-4H2,(H,17,18)(H,19,20)(H,21,22). The molecule has 0 fully saturated rings. The number of rotatable bonds is 6. The van der Waals surface area contributed by atoms with E-state index >= 15 is 0 Å². The zero-order valence-electron chi connectivity index (χ0n) is 11.5. The summed E-state index contributed by atoms with van der Waals surface area (Å²) in [4.78, 5) is 25.9. The third kappa shape index (κ3) is 3.49. The molecule has 1 aromatic carbocycles. The number of nitrogens with zero attached hydrogens (tertiary/aromatic N) is 2. The van der Waals surface area contributed by atoms with Crippen molar-refractivity contribution in [2.45, 2.75) is 18.9 Å². The normalized spacial score (nSPS) is 11.6. The smallest absolute Gasteiger partial charge is 0.326 e. The van der Waals surface area contributed by atoms with Gasteiger partial charge in [0.1, 0.15) is 11.9 Å². The van der Waals surface area contributed by atoms with Crippen molar-refractivity contribution in [3.8, 4) is 6.07 Å². The van der Waals surface area contributed by atoms with E-state index in [-0.39, 0.29) is 12.8 Å². The van der Waals surface area contributed by atoms with Crippen molar-refractivity contribution in [1.82, 2.24) is 4.98 Å². The van der Waals surface area contributed by atoms with Gasteiger partial charge < -0.3 is 15.5 Å². The van der Waals surface area contributed by atoms with Crippen molar-refractivity contribution in [2.75, 3.05) is 5.32 Å². The number of carboxylic acids is 2. The first-order valence-corrected chi connectivity index (χ1v) is 6.51. The van der Waals surface area contributed by atoms with Gasteiger partial charge in [0.25, 0.3) is 0 Å². The van der Waals surface area contributed by atoms with Gasteiger partial charge in [-0.25, -0.2) is 9.78 Å². The molecular weight excluding hydrogens is 286 g/mol. The van der Waals surface area contributed by atoms with Gasteiger partial charge in [-0.15, -0.1) is 0 Å². The van der Waals surface area contributed by atoms with Crippen LogP contribution in [0.15, 0.2) is 30.5 Å². The highest BCUT2D eigenvalue weighted by atomic mass is 16.4. The van der Waals surface area contributed by atoms with E-state index in [2.05, 4.69) is 10.3 Å². The second kappa shape index (κ2) is 6.54. The number of aromatic nitrogens is 1. The van der Waals surface area contributed by atoms with E-state index in [0.29, 0.717) is 16.8 Å². The first-order chi connectivity index (χ1) is 10.5. The molecule has 22 heavy (non-hydrogen) atoms. The molecule has 0 saturated carbocycles. The van der Waals surface area contributed by atoms with Crippen molar-refractivity contribution in [1.29, 1.82) is 5.26 Å². The van der Waals surface area contributed by atoms with E-state index < -0.39 is 18.0 Å². The van der Waals surface area contributed by atoms with Crippen LogP contribution in [-0.4, -0.2) is 33.2 Å². The summed E-state index contributed by atoms with van der Waals surface area (Å²) >= 11 is 0. The number of hydrogen-bond donors (Lipinski definition) is 3. The SMILES string of the molecule is N#Cc1ccc2ccnc(NC(CCC(=O)O)C(=O)O)c2c1. The Balaban J connectivity index is 2.34. The Bertz CT molecular complexity index is 767. The lowest BCUT2D eigenvalue weighted by atomic mass is 10.1. The number of nitriles is 1. The second-order valence-electron chi connectivity index (χ2n) is 4.67. The van der Waals surface area contributed by atoms with Crippen LogP contribution in [0.3, 0.4) is 0 Å². The summed E-state index contributed by atoms with van der Waals surface area (Å²) in [5.74, 6) is -1.91. The Morgan fingerprint density at radius 2 is 2.09 bits per heavy atom. The molecule has 2 aromatic rings. The maximum atomic E-state index is 11.2. The molecule has 0 bridgehead atoms. The summed E-state index contributed by atoms with van der Waals surface area (Å²) in [5, 5.41) is 31.0. The van der Waals surface area contributed by atoms with E-state index in [1.807, 2.05) is 6.07 Å². The highest BCUT2D eigenvalue weighted by molar-refractivity contribution is 5.94. The third-order valence-corrected chi connectivity index (χ3v) is 3.15. The fourth-order valence-corrected chi connectivity index (χ4v) is 2.04. The van der Waals surface area contributed by atoms with Crippen LogP contribution in [0.5, 0.6) is 0 Å². The van der Waals surface area contributed by atoms with Gasteiger partial charge in [0.2, 0.25) is 0 Å². The average molecular weight is 299 g/mol. The average Bonchev–Trinajstić information content (AvgIpc) is 2.50. The molecular formula is C15H13N3O4. The molecule has 0 aliphatic heterocycles. The molecule has 1 unspecified atom stereocenters. The molecule has 1 atom stereocenters. The largest absolute Gasteiger partial charge is 0.481 e. The lowest BCUT2D eigenvalue weighted by Gasteiger charge is -2.15. The maximum absolute atomic E-state index is 11.2. The Morgan fingerprint density at radius 3 is 2.73 bits per heavy atom. The van der Waals surface area contributed by atoms with Gasteiger partial charge in [-0.1, -0.05) is 6.07 Å². The van der Waals surface area contributed by atoms with Crippen LogP contribution < -0.4 is 5.32 Å². The molecule has 0 aliphatic carbocycles. The topological polar surface area (TPSA) is 123 Å². The first-order valence-electron chi connectivity index (χ1n) is 6.51. The number of hydrogen-bond acceptors (Lipinski definition) is 5. The first kappa shape index (κ1) is 15.3. The Hall–Kier alpha value is -3.14. The van der Waals surface area contributed by atoms with Crippen molar-refractivity contribution >= 4 is 28.5 Å². The van der Waals surface area contributed by atoms with E-state index in [9.17, 15) is 14.7 Å². The summed E-state index contributed by atoms with van der Waals surface area (Å²) in [6.45, 7) is 0. The second-order valence-corrected chi connectivity index (χ2v) is 4.67. The van der Waals surface area contributed by atoms with Crippen LogP contribution in [0.25, 0.3) is 10.8 Å². The monoisotopic (exact) mass is 299 g/mol. The summed E-state index contributed by atoms with van der Waals surface area (Å²) in [6.07, 6.45) is 1.19. The summed E-state index contributed by atoms with van der Waals surface area (Å²) < 4.78 is 0. The lowest BCUT2D eigenvalue weighted by molar-refractivity contribution is -0.139. The predicted octanol–water partition coefficient (Wildman–Crippen LogP) is 1.84. The highest BCUT2D eigenvalue weighted by Gasteiger charge is 2.20. The minimum Gasteiger partial charge on any atom is -0.481 e. The van der Waals surface area contributed by atoms with Gasteiger partial charge >= 0.3 is 11.9 Å². The lowest BCUT2D eigenvalue weighted by Crippen LogP contribution is -2.30. The van der Waals surface area contributed by atoms with Crippen LogP contribution in [0.2, 0.25) is 0 Å². The quantitative estimate of drug-likeness (QED) is 0.743. The number of carbonyl (C=O) groups is 2. The number of pyridine rings is 1. The van der Waals surface area contributed by atoms with E-state index in [4.69, 9.17) is 10.4 Å². The van der Waals surface area contributed by atoms with Crippen molar-refractivity contribution in [2.24, 2.45) is 0 Å². The number of aliphatic carboxylic acids is 2. The molecule has 0 spiro atoms. The maximum Gasteiger partial charge on any atom is 0.326 e. The number of anilines is 1.